The molecular weight excluding hydrogens is 262 g/mol. The Kier molecular flexibility index (Phi) is 3.39. The topological polar surface area (TPSA) is 91.4 Å². The molecule has 0 spiro atoms. The highest BCUT2D eigenvalue weighted by Gasteiger charge is 2.48. The molecule has 8 nitrogen and oxygen atoms in total. The lowest BCUT2D eigenvalue weighted by Crippen LogP contribution is -2.41. The van der Waals surface area contributed by atoms with Gasteiger partial charge in [0.05, 0.1) is 18.7 Å². The van der Waals surface area contributed by atoms with Gasteiger partial charge in [-0.05, 0) is 6.42 Å². The van der Waals surface area contributed by atoms with E-state index < -0.39 is 0 Å². The molecule has 2 aliphatic heterocycles. The zero-order chi connectivity index (χ0) is 14.1. The second-order valence-corrected chi connectivity index (χ2v) is 5.04. The Labute approximate surface area is 116 Å². The lowest BCUT2D eigenvalue weighted by atomic mass is 10.1. The lowest BCUT2D eigenvalue weighted by Gasteiger charge is -2.24. The number of fused-ring (bicyclic) bond motifs is 1. The third-order valence-corrected chi connectivity index (χ3v) is 4.03. The Morgan fingerprint density at radius 2 is 2.40 bits per heavy atom. The minimum Gasteiger partial charge on any atom is -0.383 e. The van der Waals surface area contributed by atoms with Crippen molar-refractivity contribution in [2.24, 2.45) is 0 Å². The van der Waals surface area contributed by atoms with Crippen molar-refractivity contribution >= 4 is 11.8 Å². The number of aromatic nitrogens is 3. The highest BCUT2D eigenvalue weighted by Crippen LogP contribution is 2.32. The fourth-order valence-corrected chi connectivity index (χ4v) is 3.11. The molecule has 3 heterocycles. The smallest absolute Gasteiger partial charge is 0.291 e. The summed E-state index contributed by atoms with van der Waals surface area (Å²) >= 11 is 0. The minimum absolute atomic E-state index is 0.0584. The summed E-state index contributed by atoms with van der Waals surface area (Å²) in [6.45, 7) is 1.75. The summed E-state index contributed by atoms with van der Waals surface area (Å²) in [6, 6.07) is 0.0430. The molecule has 8 heteroatoms. The van der Waals surface area contributed by atoms with Gasteiger partial charge in [0.25, 0.3) is 5.91 Å². The SMILES string of the molecule is COCCN1C(=O)CC2C1CCN2C(=O)c1ncn[nH]1. The molecule has 20 heavy (non-hydrogen) atoms. The lowest BCUT2D eigenvalue weighted by molar-refractivity contribution is -0.129. The number of nitrogens with one attached hydrogen (secondary N) is 1. The number of hydrogen-bond acceptors (Lipinski definition) is 5. The van der Waals surface area contributed by atoms with E-state index >= 15 is 0 Å². The van der Waals surface area contributed by atoms with Gasteiger partial charge in [0.2, 0.25) is 11.7 Å². The molecule has 2 aliphatic rings. The van der Waals surface area contributed by atoms with Crippen molar-refractivity contribution in [2.75, 3.05) is 26.8 Å². The molecule has 1 aromatic heterocycles. The van der Waals surface area contributed by atoms with Crippen LogP contribution in [0, 0.1) is 0 Å². The molecule has 1 aromatic rings. The number of hydrogen-bond donors (Lipinski definition) is 1. The van der Waals surface area contributed by atoms with Crippen molar-refractivity contribution < 1.29 is 14.3 Å². The average Bonchev–Trinajstić information content (AvgIpc) is 3.12. The molecule has 2 saturated heterocycles. The Morgan fingerprint density at radius 1 is 1.55 bits per heavy atom. The van der Waals surface area contributed by atoms with E-state index in [9.17, 15) is 9.59 Å². The number of amides is 2. The molecular formula is C12H17N5O3. The predicted molar refractivity (Wildman–Crippen MR) is 67.8 cm³/mol. The maximum Gasteiger partial charge on any atom is 0.291 e. The molecule has 0 radical (unpaired) electrons. The van der Waals surface area contributed by atoms with Crippen molar-refractivity contribution in [3.05, 3.63) is 12.2 Å². The van der Waals surface area contributed by atoms with Gasteiger partial charge in [-0.2, -0.15) is 5.10 Å². The number of carbonyl (C=O) groups excluding carboxylic acids is 2. The summed E-state index contributed by atoms with van der Waals surface area (Å²) in [7, 11) is 1.62. The van der Waals surface area contributed by atoms with E-state index in [4.69, 9.17) is 4.74 Å². The molecule has 0 aromatic carbocycles. The van der Waals surface area contributed by atoms with E-state index in [1.54, 1.807) is 12.0 Å². The van der Waals surface area contributed by atoms with Gasteiger partial charge in [-0.3, -0.25) is 14.7 Å². The monoisotopic (exact) mass is 279 g/mol. The van der Waals surface area contributed by atoms with Gasteiger partial charge in [-0.25, -0.2) is 4.98 Å². The molecule has 2 atom stereocenters. The van der Waals surface area contributed by atoms with E-state index in [0.29, 0.717) is 26.1 Å². The van der Waals surface area contributed by atoms with Gasteiger partial charge in [0.1, 0.15) is 6.33 Å². The average molecular weight is 279 g/mol. The summed E-state index contributed by atoms with van der Waals surface area (Å²) < 4.78 is 5.04. The zero-order valence-corrected chi connectivity index (χ0v) is 11.3. The Balaban J connectivity index is 1.73. The van der Waals surface area contributed by atoms with Crippen LogP contribution in [-0.4, -0.2) is 75.7 Å². The number of methoxy groups -OCH3 is 1. The molecule has 2 unspecified atom stereocenters. The molecule has 0 saturated carbocycles. The third-order valence-electron chi connectivity index (χ3n) is 4.03. The number of H-pyrrole nitrogens is 1. The van der Waals surface area contributed by atoms with Crippen molar-refractivity contribution in [1.82, 2.24) is 25.0 Å². The van der Waals surface area contributed by atoms with E-state index in [0.717, 1.165) is 6.42 Å². The van der Waals surface area contributed by atoms with Crippen LogP contribution in [0.15, 0.2) is 6.33 Å². The summed E-state index contributed by atoms with van der Waals surface area (Å²) in [5.41, 5.74) is 0. The van der Waals surface area contributed by atoms with E-state index in [2.05, 4.69) is 15.2 Å². The van der Waals surface area contributed by atoms with Crippen molar-refractivity contribution in [3.63, 3.8) is 0 Å². The fourth-order valence-electron chi connectivity index (χ4n) is 3.11. The number of aromatic amines is 1. The highest BCUT2D eigenvalue weighted by molar-refractivity contribution is 5.92. The van der Waals surface area contributed by atoms with E-state index in [1.807, 2.05) is 4.90 Å². The Bertz CT molecular complexity index is 503. The van der Waals surface area contributed by atoms with Gasteiger partial charge in [-0.15, -0.1) is 0 Å². The molecule has 0 aliphatic carbocycles. The minimum atomic E-state index is -0.184. The zero-order valence-electron chi connectivity index (χ0n) is 11.3. The standard InChI is InChI=1S/C12H17N5O3/c1-20-5-4-16-8-2-3-17(9(8)6-10(16)18)12(19)11-13-7-14-15-11/h7-9H,2-6H2,1H3,(H,13,14,15). The van der Waals surface area contributed by atoms with Crippen LogP contribution in [0.2, 0.25) is 0 Å². The van der Waals surface area contributed by atoms with Crippen LogP contribution in [0.3, 0.4) is 0 Å². The third kappa shape index (κ3) is 2.05. The fraction of sp³-hybridized carbons (Fsp3) is 0.667. The summed E-state index contributed by atoms with van der Waals surface area (Å²) in [6.07, 6.45) is 2.50. The largest absolute Gasteiger partial charge is 0.383 e. The van der Waals surface area contributed by atoms with Crippen LogP contribution < -0.4 is 0 Å². The number of rotatable bonds is 4. The number of ether oxygens (including phenoxy) is 1. The number of carbonyl (C=O) groups is 2. The maximum absolute atomic E-state index is 12.3. The normalized spacial score (nSPS) is 25.4. The first kappa shape index (κ1) is 13.0. The van der Waals surface area contributed by atoms with Crippen LogP contribution >= 0.6 is 0 Å². The molecule has 108 valence electrons. The molecule has 3 rings (SSSR count). The quantitative estimate of drug-likeness (QED) is 0.784. The van der Waals surface area contributed by atoms with Gasteiger partial charge >= 0.3 is 0 Å². The van der Waals surface area contributed by atoms with E-state index in [1.165, 1.54) is 6.33 Å². The highest BCUT2D eigenvalue weighted by atomic mass is 16.5. The molecule has 2 amide bonds. The second-order valence-electron chi connectivity index (χ2n) is 5.04. The first-order valence-corrected chi connectivity index (χ1v) is 6.67. The van der Waals surface area contributed by atoms with E-state index in [-0.39, 0.29) is 29.7 Å². The van der Waals surface area contributed by atoms with Gasteiger partial charge in [0.15, 0.2) is 0 Å². The van der Waals surface area contributed by atoms with Crippen LogP contribution in [-0.2, 0) is 9.53 Å². The van der Waals surface area contributed by atoms with Crippen LogP contribution in [0.1, 0.15) is 23.5 Å². The summed E-state index contributed by atoms with van der Waals surface area (Å²) in [5.74, 6) is 0.136. The number of nitrogens with zero attached hydrogens (tertiary/aromatic N) is 4. The second kappa shape index (κ2) is 5.20. The summed E-state index contributed by atoms with van der Waals surface area (Å²) in [5, 5.41) is 6.27. The first-order chi connectivity index (χ1) is 9.72. The van der Waals surface area contributed by atoms with Gasteiger partial charge < -0.3 is 14.5 Å². The van der Waals surface area contributed by atoms with Gasteiger partial charge in [-0.1, -0.05) is 0 Å². The summed E-state index contributed by atoms with van der Waals surface area (Å²) in [4.78, 5) is 31.8. The van der Waals surface area contributed by atoms with Gasteiger partial charge in [0, 0.05) is 26.6 Å². The molecule has 0 bridgehead atoms. The maximum atomic E-state index is 12.3. The molecule has 2 fully saturated rings. The predicted octanol–water partition coefficient (Wildman–Crippen LogP) is -0.733. The first-order valence-electron chi connectivity index (χ1n) is 6.67. The number of likely N-dealkylation sites (tertiary alicyclic amines) is 2. The van der Waals surface area contributed by atoms with Crippen molar-refractivity contribution in [2.45, 2.75) is 24.9 Å². The van der Waals surface area contributed by atoms with Crippen molar-refractivity contribution in [1.29, 1.82) is 0 Å². The van der Waals surface area contributed by atoms with Crippen molar-refractivity contribution in [3.8, 4) is 0 Å². The van der Waals surface area contributed by atoms with Crippen LogP contribution in [0.4, 0.5) is 0 Å². The Morgan fingerprint density at radius 3 is 3.10 bits per heavy atom. The Hall–Kier alpha value is -1.96. The van der Waals surface area contributed by atoms with Crippen LogP contribution in [0.5, 0.6) is 0 Å². The van der Waals surface area contributed by atoms with Crippen LogP contribution in [0.25, 0.3) is 0 Å². The molecule has 1 N–H and O–H groups in total.